The molecule has 4 rings (SSSR count). The Bertz CT molecular complexity index is 1390. The molecule has 0 aliphatic carbocycles. The Morgan fingerprint density at radius 1 is 1.18 bits per heavy atom. The first-order chi connectivity index (χ1) is 19.0. The zero-order chi connectivity index (χ0) is 29.0. The molecule has 1 saturated heterocycles. The number of carboxylic acid groups (broad SMARTS) is 2. The number of pyridine rings is 1. The molecular formula is C26H26Cl2N3O6S3+. The topological polar surface area (TPSA) is 128 Å². The molecule has 3 N–H and O–H groups in total. The van der Waals surface area contributed by atoms with Crippen molar-refractivity contribution in [3.05, 3.63) is 63.5 Å². The second-order valence-electron chi connectivity index (χ2n) is 9.08. The van der Waals surface area contributed by atoms with Crippen molar-refractivity contribution in [2.45, 2.75) is 40.5 Å². The number of hydrogen-bond donors (Lipinski definition) is 3. The van der Waals surface area contributed by atoms with E-state index in [9.17, 15) is 24.3 Å². The Kier molecular flexibility index (Phi) is 10.3. The van der Waals surface area contributed by atoms with Crippen molar-refractivity contribution in [1.82, 2.24) is 10.2 Å². The first-order valence-electron chi connectivity index (χ1n) is 12.2. The number of carbonyl (C=O) groups is 4. The summed E-state index contributed by atoms with van der Waals surface area (Å²) in [6.45, 7) is 0. The highest BCUT2D eigenvalue weighted by atomic mass is 35.5. The first-order valence-corrected chi connectivity index (χ1v) is 15.9. The maximum atomic E-state index is 13.0. The average Bonchev–Trinajstić information content (AvgIpc) is 2.91. The van der Waals surface area contributed by atoms with E-state index in [0.29, 0.717) is 44.9 Å². The maximum absolute atomic E-state index is 13.0. The summed E-state index contributed by atoms with van der Waals surface area (Å²) in [6, 6.07) is 8.04. The third kappa shape index (κ3) is 7.27. The number of aromatic nitrogens is 1. The highest BCUT2D eigenvalue weighted by Gasteiger charge is 2.54. The van der Waals surface area contributed by atoms with Crippen molar-refractivity contribution in [1.29, 1.82) is 0 Å². The van der Waals surface area contributed by atoms with Crippen molar-refractivity contribution in [2.75, 3.05) is 17.3 Å². The van der Waals surface area contributed by atoms with Gasteiger partial charge in [-0.1, -0.05) is 23.2 Å². The SMILES string of the molecule is C[n+]1ccc(SCC2=C(C(=O)O)N3C(=O)[C@@H](NC(=O)CSc4cc(Cl)ccc4Cl)[C@H]3SC2)cc1CCCC(=O)O. The van der Waals surface area contributed by atoms with Crippen LogP contribution in [0.4, 0.5) is 0 Å². The number of aliphatic carboxylic acids is 2. The lowest BCUT2D eigenvalue weighted by molar-refractivity contribution is -0.679. The van der Waals surface area contributed by atoms with Crippen LogP contribution in [0.25, 0.3) is 0 Å². The lowest BCUT2D eigenvalue weighted by Gasteiger charge is -2.49. The number of halogens is 2. The Morgan fingerprint density at radius 3 is 2.67 bits per heavy atom. The van der Waals surface area contributed by atoms with Crippen LogP contribution < -0.4 is 9.88 Å². The molecule has 2 amide bonds. The monoisotopic (exact) mass is 642 g/mol. The Morgan fingerprint density at radius 2 is 1.95 bits per heavy atom. The fourth-order valence-corrected chi connectivity index (χ4v) is 8.00. The van der Waals surface area contributed by atoms with E-state index in [1.807, 2.05) is 29.9 Å². The fourth-order valence-electron chi connectivity index (χ4n) is 4.27. The van der Waals surface area contributed by atoms with E-state index in [1.54, 1.807) is 18.2 Å². The summed E-state index contributed by atoms with van der Waals surface area (Å²) >= 11 is 16.2. The maximum Gasteiger partial charge on any atom is 0.352 e. The highest BCUT2D eigenvalue weighted by molar-refractivity contribution is 8.01. The summed E-state index contributed by atoms with van der Waals surface area (Å²) in [7, 11) is 1.89. The number of nitrogens with one attached hydrogen (secondary N) is 1. The fraction of sp³-hybridized carbons (Fsp3) is 0.346. The van der Waals surface area contributed by atoms with Crippen LogP contribution in [0.15, 0.2) is 57.6 Å². The summed E-state index contributed by atoms with van der Waals surface area (Å²) in [5, 5.41) is 22.1. The summed E-state index contributed by atoms with van der Waals surface area (Å²) in [4.78, 5) is 51.4. The molecule has 2 aliphatic heterocycles. The zero-order valence-electron chi connectivity index (χ0n) is 21.3. The van der Waals surface area contributed by atoms with Gasteiger partial charge in [-0.25, -0.2) is 9.36 Å². The summed E-state index contributed by atoms with van der Waals surface area (Å²) in [6.07, 6.45) is 3.11. The number of carboxylic acids is 2. The largest absolute Gasteiger partial charge is 0.481 e. The van der Waals surface area contributed by atoms with Gasteiger partial charge in [0.2, 0.25) is 5.91 Å². The molecule has 3 heterocycles. The van der Waals surface area contributed by atoms with E-state index >= 15 is 0 Å². The van der Waals surface area contributed by atoms with Crippen LogP contribution in [0.5, 0.6) is 0 Å². The van der Waals surface area contributed by atoms with Gasteiger partial charge < -0.3 is 15.5 Å². The Hall–Kier alpha value is -2.38. The third-order valence-corrected chi connectivity index (χ3v) is 10.4. The Labute approximate surface area is 253 Å². The molecule has 212 valence electrons. The van der Waals surface area contributed by atoms with E-state index in [4.69, 9.17) is 28.3 Å². The lowest BCUT2D eigenvalue weighted by Crippen LogP contribution is -2.70. The minimum atomic E-state index is -1.18. The molecule has 2 aliphatic rings. The molecule has 0 spiro atoms. The van der Waals surface area contributed by atoms with Gasteiger partial charge in [0.1, 0.15) is 24.2 Å². The molecular weight excluding hydrogens is 617 g/mol. The number of rotatable bonds is 12. The second kappa shape index (κ2) is 13.5. The molecule has 0 radical (unpaired) electrons. The van der Waals surface area contributed by atoms with Crippen molar-refractivity contribution >= 4 is 82.2 Å². The predicted molar refractivity (Wildman–Crippen MR) is 156 cm³/mol. The molecule has 1 fully saturated rings. The second-order valence-corrected chi connectivity index (χ2v) is 13.1. The predicted octanol–water partition coefficient (Wildman–Crippen LogP) is 3.85. The van der Waals surface area contributed by atoms with Crippen molar-refractivity contribution in [2.24, 2.45) is 7.05 Å². The number of carbonyl (C=O) groups excluding carboxylic acids is 2. The quantitative estimate of drug-likeness (QED) is 0.180. The van der Waals surface area contributed by atoms with Crippen molar-refractivity contribution in [3.63, 3.8) is 0 Å². The normalized spacial score (nSPS) is 18.3. The first kappa shape index (κ1) is 30.6. The lowest BCUT2D eigenvalue weighted by atomic mass is 10.0. The van der Waals surface area contributed by atoms with Crippen LogP contribution in [-0.4, -0.2) is 67.5 Å². The van der Waals surface area contributed by atoms with Gasteiger partial charge in [-0.15, -0.1) is 35.3 Å². The van der Waals surface area contributed by atoms with E-state index in [0.717, 1.165) is 10.6 Å². The molecule has 1 aromatic carbocycles. The van der Waals surface area contributed by atoms with Gasteiger partial charge in [0.15, 0.2) is 11.9 Å². The number of aryl methyl sites for hydroxylation is 2. The average molecular weight is 644 g/mol. The van der Waals surface area contributed by atoms with E-state index < -0.39 is 29.3 Å². The molecule has 14 heteroatoms. The standard InChI is InChI=1S/C26H25Cl2N3O6S3/c1-30-8-7-17(10-16(30)3-2-4-21(33)34)38-11-14-12-40-25-22(24(35)31(25)23(14)26(36)37)29-20(32)13-39-19-9-15(27)5-6-18(19)28/h5-10,22,25H,2-4,11-13H2,1H3,(H2-,29,32,33,34,36,37)/p+1/t22-,25-/m1/s1. The van der Waals surface area contributed by atoms with Crippen molar-refractivity contribution < 1.29 is 34.0 Å². The van der Waals surface area contributed by atoms with E-state index in [1.165, 1.54) is 40.2 Å². The molecule has 1 aromatic heterocycles. The van der Waals surface area contributed by atoms with Gasteiger partial charge >= 0.3 is 11.9 Å². The summed E-state index contributed by atoms with van der Waals surface area (Å²) < 4.78 is 1.93. The zero-order valence-corrected chi connectivity index (χ0v) is 25.2. The number of fused-ring (bicyclic) bond motifs is 1. The highest BCUT2D eigenvalue weighted by Crippen LogP contribution is 2.41. The van der Waals surface area contributed by atoms with E-state index in [-0.39, 0.29) is 23.8 Å². The number of benzene rings is 1. The molecule has 0 bridgehead atoms. The molecule has 0 saturated carbocycles. The summed E-state index contributed by atoms with van der Waals surface area (Å²) in [5.41, 5.74) is 1.57. The van der Waals surface area contributed by atoms with Crippen LogP contribution >= 0.6 is 58.5 Å². The van der Waals surface area contributed by atoms with Gasteiger partial charge in [0.25, 0.3) is 5.91 Å². The molecule has 2 aromatic rings. The molecule has 0 unspecified atom stereocenters. The third-order valence-electron chi connectivity index (χ3n) is 6.28. The minimum Gasteiger partial charge on any atom is -0.481 e. The smallest absolute Gasteiger partial charge is 0.352 e. The molecule has 40 heavy (non-hydrogen) atoms. The van der Waals surface area contributed by atoms with Gasteiger partial charge in [0.05, 0.1) is 10.8 Å². The number of β-lactam (4-membered cyclic amide) rings is 1. The van der Waals surface area contributed by atoms with Gasteiger partial charge in [-0.2, -0.15) is 0 Å². The molecule has 2 atom stereocenters. The van der Waals surface area contributed by atoms with Crippen molar-refractivity contribution in [3.8, 4) is 0 Å². The summed E-state index contributed by atoms with van der Waals surface area (Å²) in [5.74, 6) is -2.02. The minimum absolute atomic E-state index is 0.0257. The number of hydrogen-bond acceptors (Lipinski definition) is 7. The molecule has 9 nitrogen and oxygen atoms in total. The van der Waals surface area contributed by atoms with Crippen LogP contribution in [0.2, 0.25) is 10.0 Å². The van der Waals surface area contributed by atoms with Crippen LogP contribution in [0.1, 0.15) is 18.5 Å². The van der Waals surface area contributed by atoms with Gasteiger partial charge in [-0.05, 0) is 30.2 Å². The van der Waals surface area contributed by atoms with Gasteiger partial charge in [-0.3, -0.25) is 19.3 Å². The van der Waals surface area contributed by atoms with Crippen LogP contribution in [0, 0.1) is 0 Å². The van der Waals surface area contributed by atoms with E-state index in [2.05, 4.69) is 5.32 Å². The number of amides is 2. The van der Waals surface area contributed by atoms with Crippen LogP contribution in [0.3, 0.4) is 0 Å². The van der Waals surface area contributed by atoms with Crippen LogP contribution in [-0.2, 0) is 32.6 Å². The number of thioether (sulfide) groups is 3. The number of nitrogens with zero attached hydrogens (tertiary/aromatic N) is 2. The van der Waals surface area contributed by atoms with Gasteiger partial charge in [0, 0.05) is 51.3 Å². The Balaban J connectivity index is 1.37.